The Labute approximate surface area is 144 Å². The number of ether oxygens (including phenoxy) is 1. The quantitative estimate of drug-likeness (QED) is 0.923. The summed E-state index contributed by atoms with van der Waals surface area (Å²) in [6, 6.07) is 2.50. The van der Waals surface area contributed by atoms with Gasteiger partial charge in [0.1, 0.15) is 17.6 Å². The number of furan rings is 1. The Kier molecular flexibility index (Phi) is 4.76. The molecule has 5 heteroatoms. The number of nitrogens with zero attached hydrogens (tertiary/aromatic N) is 1. The van der Waals surface area contributed by atoms with Crippen LogP contribution in [0.15, 0.2) is 10.5 Å². The third-order valence-corrected chi connectivity index (χ3v) is 5.17. The Balaban J connectivity index is 1.72. The molecule has 1 fully saturated rings. The van der Waals surface area contributed by atoms with E-state index < -0.39 is 0 Å². The van der Waals surface area contributed by atoms with E-state index in [2.05, 4.69) is 44.0 Å². The SMILES string of the molecule is Cc1cc2c(o1)CC(C)(C)C[C@@H]2NC(=O)[C@@H]1CN(C(C)C)CCO1. The van der Waals surface area contributed by atoms with Gasteiger partial charge in [0.05, 0.1) is 12.6 Å². The van der Waals surface area contributed by atoms with Gasteiger partial charge < -0.3 is 14.5 Å². The maximum Gasteiger partial charge on any atom is 0.250 e. The predicted molar refractivity (Wildman–Crippen MR) is 92.9 cm³/mol. The fourth-order valence-corrected chi connectivity index (χ4v) is 3.87. The minimum absolute atomic E-state index is 0.00623. The zero-order valence-corrected chi connectivity index (χ0v) is 15.5. The van der Waals surface area contributed by atoms with Crippen LogP contribution in [0.25, 0.3) is 0 Å². The van der Waals surface area contributed by atoms with Crippen LogP contribution in [0.4, 0.5) is 0 Å². The molecular weight excluding hydrogens is 304 g/mol. The smallest absolute Gasteiger partial charge is 0.250 e. The molecule has 2 atom stereocenters. The summed E-state index contributed by atoms with van der Waals surface area (Å²) in [6.07, 6.45) is 1.46. The van der Waals surface area contributed by atoms with E-state index in [-0.39, 0.29) is 23.5 Å². The molecule has 1 aliphatic heterocycles. The van der Waals surface area contributed by atoms with Crippen molar-refractivity contribution in [3.63, 3.8) is 0 Å². The molecule has 0 radical (unpaired) electrons. The van der Waals surface area contributed by atoms with E-state index in [0.29, 0.717) is 19.2 Å². The summed E-state index contributed by atoms with van der Waals surface area (Å²) in [6.45, 7) is 12.9. The van der Waals surface area contributed by atoms with Crippen molar-refractivity contribution in [3.05, 3.63) is 23.2 Å². The van der Waals surface area contributed by atoms with Crippen LogP contribution < -0.4 is 5.32 Å². The highest BCUT2D eigenvalue weighted by molar-refractivity contribution is 5.81. The van der Waals surface area contributed by atoms with Crippen LogP contribution in [0.5, 0.6) is 0 Å². The molecule has 134 valence electrons. The Morgan fingerprint density at radius 3 is 2.88 bits per heavy atom. The van der Waals surface area contributed by atoms with Crippen molar-refractivity contribution in [3.8, 4) is 0 Å². The minimum atomic E-state index is -0.386. The van der Waals surface area contributed by atoms with Gasteiger partial charge in [0.25, 0.3) is 5.91 Å². The highest BCUT2D eigenvalue weighted by Crippen LogP contribution is 2.42. The molecule has 1 aromatic heterocycles. The lowest BCUT2D eigenvalue weighted by Gasteiger charge is -2.37. The summed E-state index contributed by atoms with van der Waals surface area (Å²) in [5, 5.41) is 3.22. The molecule has 1 N–H and O–H groups in total. The molecule has 0 bridgehead atoms. The first kappa shape index (κ1) is 17.5. The van der Waals surface area contributed by atoms with Crippen LogP contribution in [0.2, 0.25) is 0 Å². The van der Waals surface area contributed by atoms with Gasteiger partial charge in [-0.25, -0.2) is 0 Å². The number of morpholine rings is 1. The number of carbonyl (C=O) groups is 1. The van der Waals surface area contributed by atoms with Gasteiger partial charge in [-0.2, -0.15) is 0 Å². The normalized spacial score (nSPS) is 27.1. The molecule has 2 heterocycles. The standard InChI is InChI=1S/C19H30N2O3/c1-12(2)21-6-7-23-17(11-21)18(22)20-15-9-19(4,5)10-16-14(15)8-13(3)24-16/h8,12,15,17H,6-7,9-11H2,1-5H3,(H,20,22)/t15-,17-/m0/s1. The third kappa shape index (κ3) is 3.67. The molecule has 1 aliphatic carbocycles. The van der Waals surface area contributed by atoms with Crippen molar-refractivity contribution in [1.82, 2.24) is 10.2 Å². The second-order valence-electron chi connectivity index (χ2n) is 8.29. The minimum Gasteiger partial charge on any atom is -0.466 e. The third-order valence-electron chi connectivity index (χ3n) is 5.17. The van der Waals surface area contributed by atoms with E-state index in [9.17, 15) is 4.79 Å². The molecule has 3 rings (SSSR count). The molecule has 24 heavy (non-hydrogen) atoms. The van der Waals surface area contributed by atoms with Gasteiger partial charge in [-0.1, -0.05) is 13.8 Å². The average molecular weight is 334 g/mol. The largest absolute Gasteiger partial charge is 0.466 e. The first-order valence-corrected chi connectivity index (χ1v) is 9.00. The lowest BCUT2D eigenvalue weighted by molar-refractivity contribution is -0.140. The Morgan fingerprint density at radius 1 is 1.42 bits per heavy atom. The van der Waals surface area contributed by atoms with Crippen molar-refractivity contribution in [1.29, 1.82) is 0 Å². The average Bonchev–Trinajstić information content (AvgIpc) is 2.86. The summed E-state index contributed by atoms with van der Waals surface area (Å²) in [5.41, 5.74) is 1.25. The zero-order chi connectivity index (χ0) is 17.5. The number of fused-ring (bicyclic) bond motifs is 1. The van der Waals surface area contributed by atoms with Crippen molar-refractivity contribution in [2.24, 2.45) is 5.41 Å². The monoisotopic (exact) mass is 334 g/mol. The van der Waals surface area contributed by atoms with Crippen molar-refractivity contribution < 1.29 is 13.9 Å². The summed E-state index contributed by atoms with van der Waals surface area (Å²) >= 11 is 0. The second-order valence-corrected chi connectivity index (χ2v) is 8.29. The molecule has 1 amide bonds. The van der Waals surface area contributed by atoms with Crippen molar-refractivity contribution in [2.75, 3.05) is 19.7 Å². The van der Waals surface area contributed by atoms with Gasteiger partial charge in [0.15, 0.2) is 0 Å². The summed E-state index contributed by atoms with van der Waals surface area (Å²) in [5.74, 6) is 1.92. The molecule has 0 spiro atoms. The fraction of sp³-hybridized carbons (Fsp3) is 0.737. The van der Waals surface area contributed by atoms with Gasteiger partial charge in [0, 0.05) is 31.1 Å². The molecule has 0 saturated carbocycles. The highest BCUT2D eigenvalue weighted by atomic mass is 16.5. The second kappa shape index (κ2) is 6.52. The summed E-state index contributed by atoms with van der Waals surface area (Å²) in [7, 11) is 0. The van der Waals surface area contributed by atoms with E-state index >= 15 is 0 Å². The van der Waals surface area contributed by atoms with Gasteiger partial charge in [0.2, 0.25) is 0 Å². The number of hydrogen-bond donors (Lipinski definition) is 1. The van der Waals surface area contributed by atoms with Gasteiger partial charge in [-0.05, 0) is 38.7 Å². The number of aryl methyl sites for hydroxylation is 1. The molecular formula is C19H30N2O3. The zero-order valence-electron chi connectivity index (χ0n) is 15.5. The maximum atomic E-state index is 12.8. The Morgan fingerprint density at radius 2 is 2.17 bits per heavy atom. The van der Waals surface area contributed by atoms with Gasteiger partial charge in [-0.15, -0.1) is 0 Å². The van der Waals surface area contributed by atoms with E-state index in [1.54, 1.807) is 0 Å². The van der Waals surface area contributed by atoms with E-state index in [4.69, 9.17) is 9.15 Å². The van der Waals surface area contributed by atoms with E-state index in [0.717, 1.165) is 36.5 Å². The fourth-order valence-electron chi connectivity index (χ4n) is 3.87. The molecule has 5 nitrogen and oxygen atoms in total. The van der Waals surface area contributed by atoms with E-state index in [1.807, 2.05) is 6.92 Å². The van der Waals surface area contributed by atoms with Crippen LogP contribution >= 0.6 is 0 Å². The van der Waals surface area contributed by atoms with Crippen LogP contribution in [0.3, 0.4) is 0 Å². The van der Waals surface area contributed by atoms with Gasteiger partial charge in [-0.3, -0.25) is 9.69 Å². The summed E-state index contributed by atoms with van der Waals surface area (Å²) < 4.78 is 11.6. The molecule has 0 unspecified atom stereocenters. The van der Waals surface area contributed by atoms with Crippen LogP contribution in [-0.4, -0.2) is 42.6 Å². The molecule has 1 aromatic rings. The van der Waals surface area contributed by atoms with Crippen molar-refractivity contribution >= 4 is 5.91 Å². The molecule has 2 aliphatic rings. The number of nitrogens with one attached hydrogen (secondary N) is 1. The predicted octanol–water partition coefficient (Wildman–Crippen LogP) is 2.83. The Bertz CT molecular complexity index is 606. The number of rotatable bonds is 3. The lowest BCUT2D eigenvalue weighted by Crippen LogP contribution is -2.52. The van der Waals surface area contributed by atoms with Crippen LogP contribution in [0.1, 0.15) is 57.2 Å². The number of amides is 1. The maximum absolute atomic E-state index is 12.8. The topological polar surface area (TPSA) is 54.7 Å². The van der Waals surface area contributed by atoms with E-state index in [1.165, 1.54) is 0 Å². The van der Waals surface area contributed by atoms with Crippen LogP contribution in [-0.2, 0) is 16.0 Å². The number of hydrogen-bond acceptors (Lipinski definition) is 4. The summed E-state index contributed by atoms with van der Waals surface area (Å²) in [4.78, 5) is 15.1. The highest BCUT2D eigenvalue weighted by Gasteiger charge is 2.37. The molecule has 0 aromatic carbocycles. The van der Waals surface area contributed by atoms with Crippen LogP contribution in [0, 0.1) is 12.3 Å². The Hall–Kier alpha value is -1.33. The molecule has 1 saturated heterocycles. The van der Waals surface area contributed by atoms with Crippen molar-refractivity contribution in [2.45, 2.75) is 65.6 Å². The van der Waals surface area contributed by atoms with Gasteiger partial charge >= 0.3 is 0 Å². The first-order chi connectivity index (χ1) is 11.2. The first-order valence-electron chi connectivity index (χ1n) is 9.00. The number of carbonyl (C=O) groups excluding carboxylic acids is 1. The lowest BCUT2D eigenvalue weighted by atomic mass is 9.74.